The van der Waals surface area contributed by atoms with Crippen molar-refractivity contribution < 1.29 is 27.9 Å². The number of hydrogen-bond acceptors (Lipinski definition) is 6. The van der Waals surface area contributed by atoms with E-state index in [1.165, 1.54) is 24.7 Å². The molecular formula is C35H43NO6S. The number of methoxy groups -OCH3 is 1. The van der Waals surface area contributed by atoms with E-state index < -0.39 is 16.1 Å². The highest BCUT2D eigenvalue weighted by Gasteiger charge is 2.30. The topological polar surface area (TPSA) is 101 Å². The molecule has 3 aromatic rings. The number of Topliss-reactive ketones (excluding diaryl/α,β-unsaturated/α-hetero) is 2. The summed E-state index contributed by atoms with van der Waals surface area (Å²) in [6, 6.07) is 22.4. The summed E-state index contributed by atoms with van der Waals surface area (Å²) in [5.74, 6) is 1.01. The van der Waals surface area contributed by atoms with E-state index in [9.17, 15) is 23.1 Å². The molecule has 0 unspecified atom stereocenters. The van der Waals surface area contributed by atoms with Crippen LogP contribution in [-0.4, -0.2) is 51.6 Å². The van der Waals surface area contributed by atoms with E-state index in [-0.39, 0.29) is 47.5 Å². The summed E-state index contributed by atoms with van der Waals surface area (Å²) < 4.78 is 31.0. The van der Waals surface area contributed by atoms with Crippen LogP contribution in [0.15, 0.2) is 72.8 Å². The van der Waals surface area contributed by atoms with Gasteiger partial charge in [-0.2, -0.15) is 0 Å². The second-order valence-corrected chi connectivity index (χ2v) is 14.0. The predicted molar refractivity (Wildman–Crippen MR) is 171 cm³/mol. The largest absolute Gasteiger partial charge is 0.497 e. The molecule has 1 aliphatic rings. The van der Waals surface area contributed by atoms with Gasteiger partial charge in [0.1, 0.15) is 5.75 Å². The number of nitrogens with zero attached hydrogens (tertiary/aromatic N) is 1. The Morgan fingerprint density at radius 3 is 2.35 bits per heavy atom. The Kier molecular flexibility index (Phi) is 10.8. The van der Waals surface area contributed by atoms with Crippen LogP contribution < -0.4 is 9.04 Å². The molecule has 1 fully saturated rings. The fraction of sp³-hybridized carbons (Fsp3) is 0.429. The van der Waals surface area contributed by atoms with Gasteiger partial charge in [0.05, 0.1) is 25.2 Å². The Labute approximate surface area is 255 Å². The second kappa shape index (κ2) is 14.3. The van der Waals surface area contributed by atoms with Gasteiger partial charge >= 0.3 is 0 Å². The van der Waals surface area contributed by atoms with Gasteiger partial charge in [-0.25, -0.2) is 8.42 Å². The lowest BCUT2D eigenvalue weighted by Gasteiger charge is -2.20. The second-order valence-electron chi connectivity index (χ2n) is 12.0. The summed E-state index contributed by atoms with van der Waals surface area (Å²) >= 11 is 0. The maximum absolute atomic E-state index is 13.4. The van der Waals surface area contributed by atoms with Crippen LogP contribution in [-0.2, 0) is 16.4 Å². The zero-order valence-corrected chi connectivity index (χ0v) is 26.3. The number of sulfonamides is 1. The fourth-order valence-electron chi connectivity index (χ4n) is 6.04. The third-order valence-electron chi connectivity index (χ3n) is 8.73. The Hall–Kier alpha value is -3.49. The smallest absolute Gasteiger partial charge is 0.231 e. The number of carbonyl (C=O) groups excluding carboxylic acids is 2. The van der Waals surface area contributed by atoms with Crippen molar-refractivity contribution in [3.05, 3.63) is 95.1 Å². The Morgan fingerprint density at radius 1 is 0.977 bits per heavy atom. The van der Waals surface area contributed by atoms with E-state index in [1.807, 2.05) is 49.4 Å². The van der Waals surface area contributed by atoms with Crippen molar-refractivity contribution in [1.29, 1.82) is 0 Å². The maximum Gasteiger partial charge on any atom is 0.231 e. The predicted octanol–water partition coefficient (Wildman–Crippen LogP) is 6.45. The van der Waals surface area contributed by atoms with Crippen molar-refractivity contribution in [2.75, 3.05) is 24.7 Å². The molecule has 4 atom stereocenters. The molecule has 0 saturated heterocycles. The minimum atomic E-state index is -3.61. The maximum atomic E-state index is 13.4. The van der Waals surface area contributed by atoms with Gasteiger partial charge in [-0.05, 0) is 91.3 Å². The van der Waals surface area contributed by atoms with E-state index in [4.69, 9.17) is 4.74 Å². The number of ketones is 2. The molecule has 1 aliphatic carbocycles. The normalized spacial score (nSPS) is 18.2. The minimum Gasteiger partial charge on any atom is -0.497 e. The Balaban J connectivity index is 1.42. The summed E-state index contributed by atoms with van der Waals surface area (Å²) in [5, 5.41) is 11.0. The monoisotopic (exact) mass is 605 g/mol. The summed E-state index contributed by atoms with van der Waals surface area (Å²) in [7, 11) is -0.543. The van der Waals surface area contributed by atoms with Gasteiger partial charge in [-0.1, -0.05) is 49.4 Å². The van der Waals surface area contributed by atoms with Gasteiger partial charge in [-0.15, -0.1) is 0 Å². The molecule has 0 bridgehead atoms. The molecule has 0 heterocycles. The van der Waals surface area contributed by atoms with Crippen molar-refractivity contribution in [1.82, 2.24) is 0 Å². The number of carbonyl (C=O) groups is 2. The highest BCUT2D eigenvalue weighted by Crippen LogP contribution is 2.37. The molecule has 0 radical (unpaired) electrons. The SMILES string of the molecule is COc1cccc(C[C@@H]2CC[C@H]([C@@H](O)CCC(=O)c3cc(C(=O)C[C@H](C)c4ccccc4)cc(N(C)S(C)(=O)=O)c3)C2)c1. The van der Waals surface area contributed by atoms with Gasteiger partial charge in [0, 0.05) is 31.0 Å². The van der Waals surface area contributed by atoms with Crippen LogP contribution in [0.5, 0.6) is 5.75 Å². The average Bonchev–Trinajstić information content (AvgIpc) is 3.47. The average molecular weight is 606 g/mol. The van der Waals surface area contributed by atoms with Gasteiger partial charge in [0.15, 0.2) is 11.6 Å². The van der Waals surface area contributed by atoms with Crippen LogP contribution in [0.2, 0.25) is 0 Å². The molecular weight excluding hydrogens is 562 g/mol. The number of aliphatic hydroxyl groups excluding tert-OH is 1. The number of hydrogen-bond donors (Lipinski definition) is 1. The molecule has 0 amide bonds. The number of benzene rings is 3. The molecule has 0 aromatic heterocycles. The number of anilines is 1. The molecule has 1 N–H and O–H groups in total. The van der Waals surface area contributed by atoms with Crippen molar-refractivity contribution >= 4 is 27.3 Å². The molecule has 8 heteroatoms. The van der Waals surface area contributed by atoms with Crippen molar-refractivity contribution in [2.24, 2.45) is 11.8 Å². The van der Waals surface area contributed by atoms with Crippen molar-refractivity contribution in [3.8, 4) is 5.75 Å². The minimum absolute atomic E-state index is 0.0431. The quantitative estimate of drug-likeness (QED) is 0.212. The van der Waals surface area contributed by atoms with Crippen LogP contribution in [0, 0.1) is 11.8 Å². The van der Waals surface area contributed by atoms with E-state index in [2.05, 4.69) is 12.1 Å². The van der Waals surface area contributed by atoms with E-state index >= 15 is 0 Å². The van der Waals surface area contributed by atoms with Gasteiger partial charge in [-0.3, -0.25) is 13.9 Å². The molecule has 0 spiro atoms. The van der Waals surface area contributed by atoms with E-state index in [0.29, 0.717) is 17.9 Å². The molecule has 0 aliphatic heterocycles. The van der Waals surface area contributed by atoms with Crippen molar-refractivity contribution in [3.63, 3.8) is 0 Å². The summed E-state index contributed by atoms with van der Waals surface area (Å²) in [6.07, 6.45) is 4.90. The number of rotatable bonds is 14. The van der Waals surface area contributed by atoms with E-state index in [1.54, 1.807) is 13.2 Å². The molecule has 1 saturated carbocycles. The fourth-order valence-corrected chi connectivity index (χ4v) is 6.53. The van der Waals surface area contributed by atoms with Gasteiger partial charge in [0.25, 0.3) is 0 Å². The van der Waals surface area contributed by atoms with Crippen LogP contribution in [0.4, 0.5) is 5.69 Å². The summed E-state index contributed by atoms with van der Waals surface area (Å²) in [6.45, 7) is 1.97. The molecule has 3 aromatic carbocycles. The van der Waals surface area contributed by atoms with E-state index in [0.717, 1.165) is 47.6 Å². The third kappa shape index (κ3) is 8.77. The highest BCUT2D eigenvalue weighted by atomic mass is 32.2. The standard InChI is InChI=1S/C35H43NO6S/c1-24(27-10-6-5-7-11-27)17-35(39)30-21-29(22-31(23-30)36(2)43(4,40)41)34(38)16-15-33(37)28-14-13-26(19-28)18-25-9-8-12-32(20-25)42-3/h5-12,20-24,26,28,33,37H,13-19H2,1-4H3/t24-,26-,28-,33-/m0/s1. The molecule has 230 valence electrons. The van der Waals surface area contributed by atoms with Crippen LogP contribution in [0.25, 0.3) is 0 Å². The first-order valence-corrected chi connectivity index (χ1v) is 16.8. The Bertz CT molecular complexity index is 1520. The van der Waals surface area contributed by atoms with Crippen LogP contribution in [0.1, 0.15) is 83.2 Å². The lowest BCUT2D eigenvalue weighted by atomic mass is 9.90. The summed E-state index contributed by atoms with van der Waals surface area (Å²) in [5.41, 5.74) is 3.09. The third-order valence-corrected chi connectivity index (χ3v) is 9.94. The van der Waals surface area contributed by atoms with Gasteiger partial charge < -0.3 is 9.84 Å². The van der Waals surface area contributed by atoms with Crippen LogP contribution in [0.3, 0.4) is 0 Å². The number of ether oxygens (including phenoxy) is 1. The molecule has 7 nitrogen and oxygen atoms in total. The first kappa shape index (κ1) is 32.4. The lowest BCUT2D eigenvalue weighted by molar-refractivity contribution is 0.0825. The van der Waals surface area contributed by atoms with Crippen molar-refractivity contribution in [2.45, 2.75) is 63.9 Å². The van der Waals surface area contributed by atoms with Gasteiger partial charge in [0.2, 0.25) is 10.0 Å². The molecule has 43 heavy (non-hydrogen) atoms. The zero-order chi connectivity index (χ0) is 31.1. The summed E-state index contributed by atoms with van der Waals surface area (Å²) in [4.78, 5) is 26.7. The first-order chi connectivity index (χ1) is 20.4. The molecule has 4 rings (SSSR count). The zero-order valence-electron chi connectivity index (χ0n) is 25.5. The first-order valence-electron chi connectivity index (χ1n) is 15.0. The number of aliphatic hydroxyl groups is 1. The highest BCUT2D eigenvalue weighted by molar-refractivity contribution is 7.92. The Morgan fingerprint density at radius 2 is 1.67 bits per heavy atom. The lowest BCUT2D eigenvalue weighted by Crippen LogP contribution is -2.25. The van der Waals surface area contributed by atoms with Crippen LogP contribution >= 0.6 is 0 Å².